The van der Waals surface area contributed by atoms with Gasteiger partial charge in [0.15, 0.2) is 0 Å². The summed E-state index contributed by atoms with van der Waals surface area (Å²) in [6.45, 7) is 2.31. The molecule has 1 atom stereocenters. The van der Waals surface area contributed by atoms with Gasteiger partial charge in [0.1, 0.15) is 5.75 Å². The van der Waals surface area contributed by atoms with E-state index < -0.39 is 4.92 Å². The number of nitro groups is 1. The second-order valence-electron chi connectivity index (χ2n) is 6.33. The van der Waals surface area contributed by atoms with Gasteiger partial charge in [-0.2, -0.15) is 0 Å². The average molecular weight is 355 g/mol. The number of nitrogens with zero attached hydrogens (tertiary/aromatic N) is 2. The zero-order valence-corrected chi connectivity index (χ0v) is 14.8. The molecular formula is C19H21N3O4. The summed E-state index contributed by atoms with van der Waals surface area (Å²) >= 11 is 0. The van der Waals surface area contributed by atoms with Gasteiger partial charge in [0.05, 0.1) is 30.3 Å². The number of non-ortho nitro benzene ring substituents is 1. The van der Waals surface area contributed by atoms with Crippen molar-refractivity contribution in [2.75, 3.05) is 23.9 Å². The minimum atomic E-state index is -0.500. The smallest absolute Gasteiger partial charge is 0.273 e. The summed E-state index contributed by atoms with van der Waals surface area (Å²) in [5.74, 6) is 0.0698. The number of hydrogen-bond acceptors (Lipinski definition) is 5. The number of hydrogen-bond donors (Lipinski definition) is 1. The number of nitro benzene ring substituents is 1. The fourth-order valence-electron chi connectivity index (χ4n) is 3.24. The number of rotatable bonds is 5. The Bertz CT molecular complexity index is 837. The number of aryl methyl sites for hydroxylation is 1. The topological polar surface area (TPSA) is 84.7 Å². The molecular weight excluding hydrogens is 334 g/mol. The molecule has 7 heteroatoms. The summed E-state index contributed by atoms with van der Waals surface area (Å²) in [5, 5.41) is 13.7. The van der Waals surface area contributed by atoms with Gasteiger partial charge in [-0.1, -0.05) is 18.2 Å². The van der Waals surface area contributed by atoms with Crippen LogP contribution in [0.1, 0.15) is 18.9 Å². The molecule has 0 saturated carbocycles. The molecule has 0 bridgehead atoms. The van der Waals surface area contributed by atoms with Crippen molar-refractivity contribution < 1.29 is 14.5 Å². The highest BCUT2D eigenvalue weighted by Crippen LogP contribution is 2.31. The SMILES string of the molecule is COc1cc([N+](=O)[O-])ccc1NC(=O)CN1c2ccccc2CC[C@H]1C. The van der Waals surface area contributed by atoms with E-state index in [0.717, 1.165) is 18.5 Å². The summed E-state index contributed by atoms with van der Waals surface area (Å²) in [6.07, 6.45) is 2.00. The lowest BCUT2D eigenvalue weighted by Crippen LogP contribution is -2.42. The van der Waals surface area contributed by atoms with Crippen molar-refractivity contribution in [2.24, 2.45) is 0 Å². The highest BCUT2D eigenvalue weighted by atomic mass is 16.6. The zero-order chi connectivity index (χ0) is 18.7. The molecule has 7 nitrogen and oxygen atoms in total. The molecule has 0 aliphatic carbocycles. The number of benzene rings is 2. The second kappa shape index (κ2) is 7.43. The number of amides is 1. The van der Waals surface area contributed by atoms with E-state index in [0.29, 0.717) is 5.69 Å². The Hall–Kier alpha value is -3.09. The fourth-order valence-corrected chi connectivity index (χ4v) is 3.24. The fraction of sp³-hybridized carbons (Fsp3) is 0.316. The Morgan fingerprint density at radius 2 is 2.12 bits per heavy atom. The first-order valence-electron chi connectivity index (χ1n) is 8.46. The third kappa shape index (κ3) is 3.61. The van der Waals surface area contributed by atoms with Crippen LogP contribution in [0, 0.1) is 10.1 Å². The molecule has 136 valence electrons. The molecule has 1 heterocycles. The maximum absolute atomic E-state index is 12.6. The lowest BCUT2D eigenvalue weighted by molar-refractivity contribution is -0.384. The van der Waals surface area contributed by atoms with Crippen LogP contribution in [-0.2, 0) is 11.2 Å². The van der Waals surface area contributed by atoms with Gasteiger partial charge in [0, 0.05) is 17.8 Å². The number of para-hydroxylation sites is 1. The predicted octanol–water partition coefficient (Wildman–Crippen LogP) is 3.38. The van der Waals surface area contributed by atoms with Crippen LogP contribution in [0.5, 0.6) is 5.75 Å². The number of carbonyl (C=O) groups is 1. The summed E-state index contributed by atoms with van der Waals surface area (Å²) < 4.78 is 5.17. The van der Waals surface area contributed by atoms with E-state index in [1.807, 2.05) is 18.2 Å². The highest BCUT2D eigenvalue weighted by molar-refractivity contribution is 5.95. The van der Waals surface area contributed by atoms with E-state index in [1.54, 1.807) is 0 Å². The molecule has 2 aromatic carbocycles. The second-order valence-corrected chi connectivity index (χ2v) is 6.33. The minimum absolute atomic E-state index is 0.0848. The van der Waals surface area contributed by atoms with Crippen LogP contribution in [0.4, 0.5) is 17.1 Å². The van der Waals surface area contributed by atoms with Gasteiger partial charge in [-0.3, -0.25) is 14.9 Å². The number of anilines is 2. The average Bonchev–Trinajstić information content (AvgIpc) is 2.64. The molecule has 2 aromatic rings. The summed E-state index contributed by atoms with van der Waals surface area (Å²) in [4.78, 5) is 25.0. The van der Waals surface area contributed by atoms with E-state index in [1.165, 1.54) is 30.9 Å². The van der Waals surface area contributed by atoms with Gasteiger partial charge < -0.3 is 15.0 Å². The van der Waals surface area contributed by atoms with E-state index in [4.69, 9.17) is 4.74 Å². The van der Waals surface area contributed by atoms with Crippen LogP contribution in [0.3, 0.4) is 0 Å². The van der Waals surface area contributed by atoms with E-state index in [-0.39, 0.29) is 29.9 Å². The van der Waals surface area contributed by atoms with Crippen molar-refractivity contribution in [2.45, 2.75) is 25.8 Å². The molecule has 0 radical (unpaired) electrons. The van der Waals surface area contributed by atoms with Crippen molar-refractivity contribution in [3.63, 3.8) is 0 Å². The normalized spacial score (nSPS) is 15.9. The third-order valence-electron chi connectivity index (χ3n) is 4.65. The van der Waals surface area contributed by atoms with Crippen LogP contribution in [0.2, 0.25) is 0 Å². The standard InChI is InChI=1S/C19H21N3O4/c1-13-7-8-14-5-3-4-6-17(14)21(13)12-19(23)20-16-10-9-15(22(24)25)11-18(16)26-2/h3-6,9-11,13H,7-8,12H2,1-2H3,(H,20,23)/t13-/m1/s1. The number of carbonyl (C=O) groups excluding carboxylic acids is 1. The molecule has 0 saturated heterocycles. The van der Waals surface area contributed by atoms with E-state index in [2.05, 4.69) is 23.2 Å². The maximum atomic E-state index is 12.6. The van der Waals surface area contributed by atoms with Gasteiger partial charge >= 0.3 is 0 Å². The molecule has 0 spiro atoms. The van der Waals surface area contributed by atoms with Crippen LogP contribution in [0.15, 0.2) is 42.5 Å². The van der Waals surface area contributed by atoms with Gasteiger partial charge in [0.25, 0.3) is 5.69 Å². The first-order chi connectivity index (χ1) is 12.5. The van der Waals surface area contributed by atoms with Gasteiger partial charge in [-0.25, -0.2) is 0 Å². The molecule has 1 aliphatic heterocycles. The Morgan fingerprint density at radius 1 is 1.35 bits per heavy atom. The molecule has 1 N–H and O–H groups in total. The van der Waals surface area contributed by atoms with Crippen molar-refractivity contribution in [1.82, 2.24) is 0 Å². The molecule has 3 rings (SSSR count). The largest absolute Gasteiger partial charge is 0.494 e. The Morgan fingerprint density at radius 3 is 2.85 bits per heavy atom. The quantitative estimate of drug-likeness (QED) is 0.656. The van der Waals surface area contributed by atoms with Crippen molar-refractivity contribution in [1.29, 1.82) is 0 Å². The minimum Gasteiger partial charge on any atom is -0.494 e. The molecule has 0 aromatic heterocycles. The number of ether oxygens (including phenoxy) is 1. The zero-order valence-electron chi connectivity index (χ0n) is 14.8. The Kier molecular flexibility index (Phi) is 5.06. The van der Waals surface area contributed by atoms with Crippen LogP contribution in [-0.4, -0.2) is 30.5 Å². The molecule has 26 heavy (non-hydrogen) atoms. The first kappa shape index (κ1) is 17.7. The summed E-state index contributed by atoms with van der Waals surface area (Å²) in [6, 6.07) is 12.5. The number of methoxy groups -OCH3 is 1. The Balaban J connectivity index is 1.76. The molecule has 0 fully saturated rings. The Labute approximate surface area is 151 Å². The van der Waals surface area contributed by atoms with Crippen molar-refractivity contribution >= 4 is 23.0 Å². The molecule has 1 aliphatic rings. The van der Waals surface area contributed by atoms with E-state index >= 15 is 0 Å². The van der Waals surface area contributed by atoms with Gasteiger partial charge in [-0.05, 0) is 37.5 Å². The molecule has 0 unspecified atom stereocenters. The summed E-state index contributed by atoms with van der Waals surface area (Å²) in [7, 11) is 1.41. The van der Waals surface area contributed by atoms with Gasteiger partial charge in [0.2, 0.25) is 5.91 Å². The number of nitrogens with one attached hydrogen (secondary N) is 1. The van der Waals surface area contributed by atoms with Gasteiger partial charge in [-0.15, -0.1) is 0 Å². The third-order valence-corrected chi connectivity index (χ3v) is 4.65. The van der Waals surface area contributed by atoms with Crippen molar-refractivity contribution in [3.05, 3.63) is 58.1 Å². The molecule has 1 amide bonds. The monoisotopic (exact) mass is 355 g/mol. The predicted molar refractivity (Wildman–Crippen MR) is 99.8 cm³/mol. The maximum Gasteiger partial charge on any atom is 0.273 e. The van der Waals surface area contributed by atoms with Crippen LogP contribution in [0.25, 0.3) is 0 Å². The van der Waals surface area contributed by atoms with Crippen molar-refractivity contribution in [3.8, 4) is 5.75 Å². The highest BCUT2D eigenvalue weighted by Gasteiger charge is 2.25. The van der Waals surface area contributed by atoms with Crippen LogP contribution < -0.4 is 15.0 Å². The van der Waals surface area contributed by atoms with Crippen LogP contribution >= 0.6 is 0 Å². The lowest BCUT2D eigenvalue weighted by atomic mass is 9.96. The van der Waals surface area contributed by atoms with E-state index in [9.17, 15) is 14.9 Å². The lowest BCUT2D eigenvalue weighted by Gasteiger charge is -2.36. The number of fused-ring (bicyclic) bond motifs is 1. The first-order valence-corrected chi connectivity index (χ1v) is 8.46. The summed E-state index contributed by atoms with van der Waals surface area (Å²) in [5.41, 5.74) is 2.66.